The number of nitrogens with zero attached hydrogens (tertiary/aromatic N) is 2. The minimum absolute atomic E-state index is 0.541. The molecule has 0 aliphatic rings. The number of hydrogen-bond acceptors (Lipinski definition) is 3. The SMILES string of the molecule is Cc1nn(C)cc1NC(=O)NC(=O)C(C)Cl. The van der Waals surface area contributed by atoms with Gasteiger partial charge in [-0.3, -0.25) is 14.8 Å². The minimum Gasteiger partial charge on any atom is -0.304 e. The molecule has 0 fully saturated rings. The maximum absolute atomic E-state index is 11.4. The fourth-order valence-electron chi connectivity index (χ4n) is 1.09. The van der Waals surface area contributed by atoms with Crippen molar-refractivity contribution in [1.82, 2.24) is 15.1 Å². The van der Waals surface area contributed by atoms with Crippen molar-refractivity contribution >= 4 is 29.2 Å². The lowest BCUT2D eigenvalue weighted by Crippen LogP contribution is -2.38. The maximum atomic E-state index is 11.4. The number of imide groups is 1. The smallest absolute Gasteiger partial charge is 0.304 e. The van der Waals surface area contributed by atoms with Crippen molar-refractivity contribution in [3.05, 3.63) is 11.9 Å². The summed E-state index contributed by atoms with van der Waals surface area (Å²) in [5, 5.41) is 7.90. The number of carbonyl (C=O) groups is 2. The van der Waals surface area contributed by atoms with Crippen LogP contribution in [-0.4, -0.2) is 27.1 Å². The molecule has 2 N–H and O–H groups in total. The summed E-state index contributed by atoms with van der Waals surface area (Å²) >= 11 is 5.50. The molecule has 1 atom stereocenters. The van der Waals surface area contributed by atoms with Crippen LogP contribution < -0.4 is 10.6 Å². The van der Waals surface area contributed by atoms with E-state index < -0.39 is 17.3 Å². The number of carbonyl (C=O) groups excluding carboxylic acids is 2. The first kappa shape index (κ1) is 12.5. The zero-order valence-electron chi connectivity index (χ0n) is 9.24. The van der Waals surface area contributed by atoms with E-state index in [2.05, 4.69) is 15.7 Å². The highest BCUT2D eigenvalue weighted by Gasteiger charge is 2.14. The summed E-state index contributed by atoms with van der Waals surface area (Å²) in [4.78, 5) is 22.5. The van der Waals surface area contributed by atoms with Crippen LogP contribution in [0.3, 0.4) is 0 Å². The van der Waals surface area contributed by atoms with Gasteiger partial charge in [0.05, 0.1) is 11.4 Å². The van der Waals surface area contributed by atoms with E-state index in [4.69, 9.17) is 11.6 Å². The Kier molecular flexibility index (Phi) is 3.89. The Morgan fingerprint density at radius 1 is 1.56 bits per heavy atom. The highest BCUT2D eigenvalue weighted by atomic mass is 35.5. The molecule has 1 aromatic heterocycles. The van der Waals surface area contributed by atoms with Crippen molar-refractivity contribution in [3.63, 3.8) is 0 Å². The van der Waals surface area contributed by atoms with E-state index in [0.717, 1.165) is 0 Å². The summed E-state index contributed by atoms with van der Waals surface area (Å²) in [6.07, 6.45) is 1.64. The lowest BCUT2D eigenvalue weighted by Gasteiger charge is -2.06. The Bertz CT molecular complexity index is 414. The van der Waals surface area contributed by atoms with Gasteiger partial charge in [-0.05, 0) is 13.8 Å². The third kappa shape index (κ3) is 3.23. The molecule has 6 nitrogen and oxygen atoms in total. The normalized spacial score (nSPS) is 12.0. The van der Waals surface area contributed by atoms with Gasteiger partial charge in [0.15, 0.2) is 0 Å². The van der Waals surface area contributed by atoms with E-state index >= 15 is 0 Å². The van der Waals surface area contributed by atoms with Crippen molar-refractivity contribution in [2.24, 2.45) is 7.05 Å². The fourth-order valence-corrected chi connectivity index (χ4v) is 1.14. The molecule has 0 saturated carbocycles. The van der Waals surface area contributed by atoms with E-state index in [1.165, 1.54) is 6.92 Å². The first-order chi connectivity index (χ1) is 7.40. The highest BCUT2D eigenvalue weighted by Crippen LogP contribution is 2.10. The maximum Gasteiger partial charge on any atom is 0.326 e. The van der Waals surface area contributed by atoms with Crippen LogP contribution in [0.1, 0.15) is 12.6 Å². The molecular weight excluding hydrogens is 232 g/mol. The number of rotatable bonds is 2. The van der Waals surface area contributed by atoms with Crippen LogP contribution in [0.15, 0.2) is 6.20 Å². The summed E-state index contributed by atoms with van der Waals surface area (Å²) in [5.41, 5.74) is 1.22. The van der Waals surface area contributed by atoms with E-state index in [1.807, 2.05) is 0 Å². The number of nitrogens with one attached hydrogen (secondary N) is 2. The molecule has 1 rings (SSSR count). The molecule has 0 aliphatic heterocycles. The molecule has 88 valence electrons. The van der Waals surface area contributed by atoms with Gasteiger partial charge in [-0.1, -0.05) is 0 Å². The first-order valence-electron chi connectivity index (χ1n) is 4.66. The molecule has 0 radical (unpaired) electrons. The van der Waals surface area contributed by atoms with Crippen molar-refractivity contribution in [3.8, 4) is 0 Å². The number of alkyl halides is 1. The van der Waals surface area contributed by atoms with Gasteiger partial charge in [-0.15, -0.1) is 11.6 Å². The van der Waals surface area contributed by atoms with Gasteiger partial charge in [0, 0.05) is 13.2 Å². The average Bonchev–Trinajstić information content (AvgIpc) is 2.44. The molecule has 16 heavy (non-hydrogen) atoms. The predicted octanol–water partition coefficient (Wildman–Crippen LogP) is 1.00. The van der Waals surface area contributed by atoms with Gasteiger partial charge >= 0.3 is 6.03 Å². The number of aryl methyl sites for hydroxylation is 2. The summed E-state index contributed by atoms with van der Waals surface area (Å²) < 4.78 is 1.57. The van der Waals surface area contributed by atoms with Gasteiger partial charge in [-0.25, -0.2) is 4.79 Å². The van der Waals surface area contributed by atoms with Crippen molar-refractivity contribution in [2.45, 2.75) is 19.2 Å². The fraction of sp³-hybridized carbons (Fsp3) is 0.444. The average molecular weight is 245 g/mol. The van der Waals surface area contributed by atoms with Gasteiger partial charge in [0.1, 0.15) is 5.38 Å². The molecular formula is C9H13ClN4O2. The number of urea groups is 1. The molecule has 0 aromatic carbocycles. The Balaban J connectivity index is 2.58. The monoisotopic (exact) mass is 244 g/mol. The Labute approximate surface area is 98.0 Å². The predicted molar refractivity (Wildman–Crippen MR) is 60.4 cm³/mol. The molecule has 3 amide bonds. The molecule has 0 bridgehead atoms. The Morgan fingerprint density at radius 2 is 2.19 bits per heavy atom. The lowest BCUT2D eigenvalue weighted by atomic mass is 10.4. The van der Waals surface area contributed by atoms with E-state index in [1.54, 1.807) is 24.9 Å². The van der Waals surface area contributed by atoms with Crippen LogP contribution in [0, 0.1) is 6.92 Å². The zero-order valence-corrected chi connectivity index (χ0v) is 10.00. The largest absolute Gasteiger partial charge is 0.326 e. The summed E-state index contributed by atoms with van der Waals surface area (Å²) in [7, 11) is 1.74. The quantitative estimate of drug-likeness (QED) is 0.763. The van der Waals surface area contributed by atoms with Gasteiger partial charge in [0.25, 0.3) is 0 Å². The summed E-state index contributed by atoms with van der Waals surface area (Å²) in [6.45, 7) is 3.24. The van der Waals surface area contributed by atoms with Gasteiger partial charge in [-0.2, -0.15) is 5.10 Å². The topological polar surface area (TPSA) is 76.0 Å². The number of hydrogen-bond donors (Lipinski definition) is 2. The molecule has 0 saturated heterocycles. The second kappa shape index (κ2) is 4.98. The molecule has 1 unspecified atom stereocenters. The van der Waals surface area contributed by atoms with Crippen molar-refractivity contribution < 1.29 is 9.59 Å². The van der Waals surface area contributed by atoms with Crippen LogP contribution in [0.25, 0.3) is 0 Å². The molecule has 0 aliphatic carbocycles. The minimum atomic E-state index is -0.749. The molecule has 1 aromatic rings. The molecule has 1 heterocycles. The number of anilines is 1. The summed E-state index contributed by atoms with van der Waals surface area (Å²) in [5.74, 6) is -0.541. The Hall–Kier alpha value is -1.56. The van der Waals surface area contributed by atoms with Crippen LogP contribution in [-0.2, 0) is 11.8 Å². The zero-order chi connectivity index (χ0) is 12.3. The second-order valence-electron chi connectivity index (χ2n) is 3.36. The van der Waals surface area contributed by atoms with Crippen molar-refractivity contribution in [1.29, 1.82) is 0 Å². The van der Waals surface area contributed by atoms with E-state index in [0.29, 0.717) is 11.4 Å². The highest BCUT2D eigenvalue weighted by molar-refractivity contribution is 6.31. The molecule has 7 heteroatoms. The third-order valence-corrected chi connectivity index (χ3v) is 2.06. The van der Waals surface area contributed by atoms with E-state index in [9.17, 15) is 9.59 Å². The van der Waals surface area contributed by atoms with E-state index in [-0.39, 0.29) is 0 Å². The van der Waals surface area contributed by atoms with Crippen LogP contribution in [0.4, 0.5) is 10.5 Å². The number of amides is 3. The van der Waals surface area contributed by atoms with Crippen LogP contribution in [0.5, 0.6) is 0 Å². The van der Waals surface area contributed by atoms with Crippen LogP contribution in [0.2, 0.25) is 0 Å². The lowest BCUT2D eigenvalue weighted by molar-refractivity contribution is -0.119. The van der Waals surface area contributed by atoms with Gasteiger partial charge < -0.3 is 5.32 Å². The molecule has 0 spiro atoms. The summed E-state index contributed by atoms with van der Waals surface area (Å²) in [6, 6.07) is -0.617. The van der Waals surface area contributed by atoms with Crippen LogP contribution >= 0.6 is 11.6 Å². The standard InChI is InChI=1S/C9H13ClN4O2/c1-5(10)8(15)12-9(16)11-7-4-14(3)13-6(7)2/h4-5H,1-3H3,(H2,11,12,15,16). The second-order valence-corrected chi connectivity index (χ2v) is 4.02. The number of halogens is 1. The first-order valence-corrected chi connectivity index (χ1v) is 5.10. The number of aromatic nitrogens is 2. The third-order valence-electron chi connectivity index (χ3n) is 1.86. The van der Waals surface area contributed by atoms with Crippen molar-refractivity contribution in [2.75, 3.05) is 5.32 Å². The van der Waals surface area contributed by atoms with Gasteiger partial charge in [0.2, 0.25) is 5.91 Å². The Morgan fingerprint density at radius 3 is 2.62 bits per heavy atom.